The van der Waals surface area contributed by atoms with Gasteiger partial charge in [0, 0.05) is 30.9 Å². The Balaban J connectivity index is 2.07. The van der Waals surface area contributed by atoms with Gasteiger partial charge in [-0.1, -0.05) is 6.07 Å². The summed E-state index contributed by atoms with van der Waals surface area (Å²) in [5.41, 5.74) is -0.626. The highest BCUT2D eigenvalue weighted by Gasteiger charge is 2.41. The van der Waals surface area contributed by atoms with Crippen molar-refractivity contribution < 1.29 is 32.5 Å². The Bertz CT molecular complexity index is 658. The molecule has 1 fully saturated rings. The molecule has 1 aromatic carbocycles. The van der Waals surface area contributed by atoms with Gasteiger partial charge in [-0.3, -0.25) is 0 Å². The standard InChI is InChI=1S/C16H15F3O4/c17-16(18,19)11-1-2-12-10(7-14(20)21)9-15(23-13(12)8-11)3-5-22-6-4-15/h1-2,7-8H,3-6,9H2,(H,20,21). The minimum atomic E-state index is -4.48. The second-order valence-electron chi connectivity index (χ2n) is 5.79. The van der Waals surface area contributed by atoms with Crippen LogP contribution in [-0.2, 0) is 15.7 Å². The zero-order chi connectivity index (χ0) is 16.7. The summed E-state index contributed by atoms with van der Waals surface area (Å²) in [6, 6.07) is 3.17. The van der Waals surface area contributed by atoms with E-state index in [0.717, 1.165) is 18.2 Å². The molecule has 7 heteroatoms. The second-order valence-corrected chi connectivity index (χ2v) is 5.79. The average molecular weight is 328 g/mol. The van der Waals surface area contributed by atoms with Gasteiger partial charge in [0.05, 0.1) is 18.8 Å². The lowest BCUT2D eigenvalue weighted by atomic mass is 9.81. The van der Waals surface area contributed by atoms with Gasteiger partial charge in [0.15, 0.2) is 0 Å². The van der Waals surface area contributed by atoms with Gasteiger partial charge in [-0.2, -0.15) is 13.2 Å². The number of alkyl halides is 3. The average Bonchev–Trinajstić information content (AvgIpc) is 2.45. The minimum absolute atomic E-state index is 0.0838. The molecule has 1 saturated heterocycles. The molecule has 23 heavy (non-hydrogen) atoms. The van der Waals surface area contributed by atoms with Crippen LogP contribution in [0.3, 0.4) is 0 Å². The van der Waals surface area contributed by atoms with Crippen LogP contribution in [0.2, 0.25) is 0 Å². The molecule has 124 valence electrons. The summed E-state index contributed by atoms with van der Waals surface area (Å²) in [7, 11) is 0. The number of aliphatic carboxylic acids is 1. The molecule has 3 rings (SSSR count). The summed E-state index contributed by atoms with van der Waals surface area (Å²) in [5.74, 6) is -1.05. The van der Waals surface area contributed by atoms with E-state index in [0.29, 0.717) is 43.6 Å². The summed E-state index contributed by atoms with van der Waals surface area (Å²) < 4.78 is 49.9. The number of fused-ring (bicyclic) bond motifs is 1. The monoisotopic (exact) mass is 328 g/mol. The maximum Gasteiger partial charge on any atom is 0.416 e. The summed E-state index contributed by atoms with van der Waals surface area (Å²) >= 11 is 0. The Hall–Kier alpha value is -2.02. The van der Waals surface area contributed by atoms with Crippen molar-refractivity contribution in [2.45, 2.75) is 31.0 Å². The molecule has 2 aliphatic heterocycles. The van der Waals surface area contributed by atoms with Crippen LogP contribution in [-0.4, -0.2) is 29.9 Å². The Morgan fingerprint density at radius 3 is 2.57 bits per heavy atom. The molecule has 0 aliphatic carbocycles. The highest BCUT2D eigenvalue weighted by Crippen LogP contribution is 2.46. The fourth-order valence-corrected chi connectivity index (χ4v) is 3.06. The minimum Gasteiger partial charge on any atom is -0.486 e. The van der Waals surface area contributed by atoms with E-state index in [9.17, 15) is 18.0 Å². The number of hydrogen-bond donors (Lipinski definition) is 1. The molecule has 1 N–H and O–H groups in total. The number of benzene rings is 1. The van der Waals surface area contributed by atoms with Crippen LogP contribution < -0.4 is 4.74 Å². The van der Waals surface area contributed by atoms with Gasteiger partial charge in [-0.25, -0.2) is 4.79 Å². The second kappa shape index (κ2) is 5.56. The molecule has 0 aromatic heterocycles. The van der Waals surface area contributed by atoms with Crippen LogP contribution in [0.5, 0.6) is 5.75 Å². The van der Waals surface area contributed by atoms with Crippen LogP contribution in [0.25, 0.3) is 5.57 Å². The molecule has 0 unspecified atom stereocenters. The van der Waals surface area contributed by atoms with Crippen molar-refractivity contribution in [2.24, 2.45) is 0 Å². The summed E-state index contributed by atoms with van der Waals surface area (Å²) in [6.07, 6.45) is -2.05. The number of hydrogen-bond acceptors (Lipinski definition) is 3. The van der Waals surface area contributed by atoms with Crippen LogP contribution in [0, 0.1) is 0 Å². The maximum atomic E-state index is 12.9. The third-order valence-corrected chi connectivity index (χ3v) is 4.20. The number of ether oxygens (including phenoxy) is 2. The third-order valence-electron chi connectivity index (χ3n) is 4.20. The van der Waals surface area contributed by atoms with Gasteiger partial charge in [-0.05, 0) is 17.7 Å². The van der Waals surface area contributed by atoms with Gasteiger partial charge in [0.25, 0.3) is 0 Å². The van der Waals surface area contributed by atoms with E-state index < -0.39 is 23.3 Å². The van der Waals surface area contributed by atoms with Crippen molar-refractivity contribution in [1.29, 1.82) is 0 Å². The first-order chi connectivity index (χ1) is 10.8. The number of halogens is 3. The first-order valence-electron chi connectivity index (χ1n) is 7.21. The van der Waals surface area contributed by atoms with Crippen molar-refractivity contribution in [3.63, 3.8) is 0 Å². The van der Waals surface area contributed by atoms with E-state index in [-0.39, 0.29) is 5.75 Å². The fraction of sp³-hybridized carbons (Fsp3) is 0.438. The summed E-state index contributed by atoms with van der Waals surface area (Å²) in [4.78, 5) is 11.1. The molecule has 2 heterocycles. The highest BCUT2D eigenvalue weighted by molar-refractivity contribution is 5.91. The molecule has 0 saturated carbocycles. The van der Waals surface area contributed by atoms with Crippen LogP contribution in [0.4, 0.5) is 13.2 Å². The smallest absolute Gasteiger partial charge is 0.416 e. The zero-order valence-corrected chi connectivity index (χ0v) is 12.2. The Labute approximate surface area is 130 Å². The summed E-state index contributed by atoms with van der Waals surface area (Å²) in [5, 5.41) is 9.04. The largest absolute Gasteiger partial charge is 0.486 e. The van der Waals surface area contributed by atoms with Crippen molar-refractivity contribution in [1.82, 2.24) is 0 Å². The van der Waals surface area contributed by atoms with Crippen LogP contribution in [0.1, 0.15) is 30.4 Å². The predicted molar refractivity (Wildman–Crippen MR) is 75.1 cm³/mol. The first kappa shape index (κ1) is 15.9. The van der Waals surface area contributed by atoms with E-state index in [1.54, 1.807) is 0 Å². The Morgan fingerprint density at radius 2 is 1.96 bits per heavy atom. The Kier molecular flexibility index (Phi) is 3.83. The molecule has 0 radical (unpaired) electrons. The quantitative estimate of drug-likeness (QED) is 0.802. The lowest BCUT2D eigenvalue weighted by Gasteiger charge is -2.42. The fourth-order valence-electron chi connectivity index (χ4n) is 3.06. The van der Waals surface area contributed by atoms with Gasteiger partial charge in [0.1, 0.15) is 11.4 Å². The van der Waals surface area contributed by atoms with E-state index in [2.05, 4.69) is 0 Å². The van der Waals surface area contributed by atoms with Gasteiger partial charge < -0.3 is 14.6 Å². The maximum absolute atomic E-state index is 12.9. The number of carbonyl (C=O) groups is 1. The molecule has 0 bridgehead atoms. The zero-order valence-electron chi connectivity index (χ0n) is 12.2. The molecule has 2 aliphatic rings. The van der Waals surface area contributed by atoms with E-state index in [1.165, 1.54) is 6.07 Å². The van der Waals surface area contributed by atoms with Crippen LogP contribution in [0.15, 0.2) is 24.3 Å². The van der Waals surface area contributed by atoms with Gasteiger partial charge in [-0.15, -0.1) is 0 Å². The van der Waals surface area contributed by atoms with Crippen molar-refractivity contribution in [3.05, 3.63) is 35.4 Å². The summed E-state index contributed by atoms with van der Waals surface area (Å²) in [6.45, 7) is 0.878. The molecule has 0 amide bonds. The Morgan fingerprint density at radius 1 is 1.26 bits per heavy atom. The molecule has 0 atom stereocenters. The molecule has 1 aromatic rings. The number of rotatable bonds is 1. The predicted octanol–water partition coefficient (Wildman–Crippen LogP) is 3.51. The normalized spacial score (nSPS) is 21.8. The van der Waals surface area contributed by atoms with E-state index in [4.69, 9.17) is 14.6 Å². The van der Waals surface area contributed by atoms with Crippen molar-refractivity contribution in [3.8, 4) is 5.75 Å². The molecule has 1 spiro atoms. The molecular weight excluding hydrogens is 313 g/mol. The SMILES string of the molecule is O=C(O)C=C1CC2(CCOCC2)Oc2cc(C(F)(F)F)ccc21. The van der Waals surface area contributed by atoms with Crippen molar-refractivity contribution >= 4 is 11.5 Å². The van der Waals surface area contributed by atoms with Crippen LogP contribution >= 0.6 is 0 Å². The molecular formula is C16H15F3O4. The first-order valence-corrected chi connectivity index (χ1v) is 7.21. The van der Waals surface area contributed by atoms with Gasteiger partial charge >= 0.3 is 12.1 Å². The lowest BCUT2D eigenvalue weighted by molar-refractivity contribution is -0.138. The molecule has 4 nitrogen and oxygen atoms in total. The highest BCUT2D eigenvalue weighted by atomic mass is 19.4. The van der Waals surface area contributed by atoms with Gasteiger partial charge in [0.2, 0.25) is 0 Å². The lowest BCUT2D eigenvalue weighted by Crippen LogP contribution is -2.44. The van der Waals surface area contributed by atoms with E-state index in [1.807, 2.05) is 0 Å². The van der Waals surface area contributed by atoms with E-state index >= 15 is 0 Å². The number of carboxylic acids is 1. The third kappa shape index (κ3) is 3.19. The number of carboxylic acid groups (broad SMARTS) is 1. The van der Waals surface area contributed by atoms with Crippen molar-refractivity contribution in [2.75, 3.05) is 13.2 Å². The topological polar surface area (TPSA) is 55.8 Å².